The van der Waals surface area contributed by atoms with Crippen molar-refractivity contribution in [3.05, 3.63) is 17.8 Å². The van der Waals surface area contributed by atoms with Gasteiger partial charge in [0.1, 0.15) is 11.4 Å². The number of aromatic nitrogens is 3. The Labute approximate surface area is 172 Å². The summed E-state index contributed by atoms with van der Waals surface area (Å²) in [4.78, 5) is 11.8. The maximum Gasteiger partial charge on any atom is 0.318 e. The molecule has 2 fully saturated rings. The van der Waals surface area contributed by atoms with E-state index in [2.05, 4.69) is 43.7 Å². The number of hydrogen-bond acceptors (Lipinski definition) is 8. The molecule has 2 aliphatic rings. The van der Waals surface area contributed by atoms with Crippen LogP contribution in [-0.4, -0.2) is 83.4 Å². The summed E-state index contributed by atoms with van der Waals surface area (Å²) in [5.41, 5.74) is 1.62. The van der Waals surface area contributed by atoms with Crippen LogP contribution in [0.3, 0.4) is 0 Å². The number of piperazine rings is 1. The minimum Gasteiger partial charge on any atom is -0.496 e. The lowest BCUT2D eigenvalue weighted by atomic mass is 10.0. The van der Waals surface area contributed by atoms with Gasteiger partial charge >= 0.3 is 6.01 Å². The van der Waals surface area contributed by atoms with Gasteiger partial charge in [-0.25, -0.2) is 0 Å². The van der Waals surface area contributed by atoms with Crippen LogP contribution in [0.15, 0.2) is 16.7 Å². The lowest BCUT2D eigenvalue weighted by molar-refractivity contribution is 0.0689. The van der Waals surface area contributed by atoms with Crippen LogP contribution < -0.4 is 9.64 Å². The summed E-state index contributed by atoms with van der Waals surface area (Å²) in [6, 6.07) is 3.74. The van der Waals surface area contributed by atoms with E-state index in [9.17, 15) is 0 Å². The second-order valence-electron chi connectivity index (χ2n) is 8.31. The van der Waals surface area contributed by atoms with Gasteiger partial charge in [-0.15, -0.1) is 5.10 Å². The fourth-order valence-electron chi connectivity index (χ4n) is 4.33. The highest BCUT2D eigenvalue weighted by atomic mass is 16.5. The Morgan fingerprint density at radius 1 is 1.07 bits per heavy atom. The standard InChI is InChI=1S/C21H32N6O2/c1-15(2)25-9-11-26(12-10-25)17-5-7-27(8-6-17)21-24-23-20(29-21)18-13-19(28-4)16(3)14-22-18/h13-15,17H,5-12H2,1-4H3. The highest BCUT2D eigenvalue weighted by molar-refractivity contribution is 5.52. The molecule has 2 saturated heterocycles. The molecule has 0 N–H and O–H groups in total. The average molecular weight is 401 g/mol. The van der Waals surface area contributed by atoms with Gasteiger partial charge in [-0.3, -0.25) is 14.8 Å². The molecule has 0 spiro atoms. The average Bonchev–Trinajstić information content (AvgIpc) is 3.24. The van der Waals surface area contributed by atoms with Crippen molar-refractivity contribution in [2.45, 2.75) is 45.7 Å². The van der Waals surface area contributed by atoms with Gasteiger partial charge in [0.15, 0.2) is 0 Å². The first-order chi connectivity index (χ1) is 14.0. The zero-order valence-electron chi connectivity index (χ0n) is 18.0. The first-order valence-corrected chi connectivity index (χ1v) is 10.6. The molecule has 0 saturated carbocycles. The van der Waals surface area contributed by atoms with Gasteiger partial charge in [-0.1, -0.05) is 5.10 Å². The molecule has 0 bridgehead atoms. The van der Waals surface area contributed by atoms with E-state index in [4.69, 9.17) is 9.15 Å². The van der Waals surface area contributed by atoms with E-state index in [0.717, 1.165) is 37.2 Å². The fraction of sp³-hybridized carbons (Fsp3) is 0.667. The van der Waals surface area contributed by atoms with Crippen molar-refractivity contribution >= 4 is 6.01 Å². The van der Waals surface area contributed by atoms with Crippen LogP contribution in [0, 0.1) is 6.92 Å². The second kappa shape index (κ2) is 8.67. The number of nitrogens with zero attached hydrogens (tertiary/aromatic N) is 6. The lowest BCUT2D eigenvalue weighted by Crippen LogP contribution is -2.54. The summed E-state index contributed by atoms with van der Waals surface area (Å²) >= 11 is 0. The number of methoxy groups -OCH3 is 1. The Balaban J connectivity index is 1.34. The summed E-state index contributed by atoms with van der Waals surface area (Å²) in [6.45, 7) is 13.1. The Morgan fingerprint density at radius 3 is 2.45 bits per heavy atom. The number of rotatable bonds is 5. The summed E-state index contributed by atoms with van der Waals surface area (Å²) in [5.74, 6) is 1.21. The third kappa shape index (κ3) is 4.38. The Morgan fingerprint density at radius 2 is 1.79 bits per heavy atom. The van der Waals surface area contributed by atoms with Crippen molar-refractivity contribution in [2.24, 2.45) is 0 Å². The van der Waals surface area contributed by atoms with Gasteiger partial charge in [0.2, 0.25) is 0 Å². The van der Waals surface area contributed by atoms with Crippen molar-refractivity contribution in [1.82, 2.24) is 25.0 Å². The molecule has 8 nitrogen and oxygen atoms in total. The molecule has 0 amide bonds. The Kier molecular flexibility index (Phi) is 6.01. The van der Waals surface area contributed by atoms with Crippen LogP contribution in [0.4, 0.5) is 6.01 Å². The van der Waals surface area contributed by atoms with Gasteiger partial charge in [-0.2, -0.15) is 0 Å². The molecule has 0 unspecified atom stereocenters. The van der Waals surface area contributed by atoms with E-state index >= 15 is 0 Å². The van der Waals surface area contributed by atoms with Crippen LogP contribution >= 0.6 is 0 Å². The molecular weight excluding hydrogens is 368 g/mol. The highest BCUT2D eigenvalue weighted by Gasteiger charge is 2.29. The zero-order valence-corrected chi connectivity index (χ0v) is 18.0. The fourth-order valence-corrected chi connectivity index (χ4v) is 4.33. The SMILES string of the molecule is COc1cc(-c2nnc(N3CCC(N4CCN(C(C)C)CC4)CC3)o2)ncc1C. The van der Waals surface area contributed by atoms with Crippen LogP contribution in [0.25, 0.3) is 11.6 Å². The number of ether oxygens (including phenoxy) is 1. The van der Waals surface area contributed by atoms with Gasteiger partial charge in [0, 0.05) is 69.2 Å². The maximum absolute atomic E-state index is 5.94. The van der Waals surface area contributed by atoms with Crippen LogP contribution in [0.1, 0.15) is 32.3 Å². The predicted octanol–water partition coefficient (Wildman–Crippen LogP) is 2.44. The van der Waals surface area contributed by atoms with E-state index in [1.54, 1.807) is 13.3 Å². The predicted molar refractivity (Wildman–Crippen MR) is 112 cm³/mol. The monoisotopic (exact) mass is 400 g/mol. The number of hydrogen-bond donors (Lipinski definition) is 0. The van der Waals surface area contributed by atoms with Crippen molar-refractivity contribution < 1.29 is 9.15 Å². The first kappa shape index (κ1) is 20.1. The molecule has 0 radical (unpaired) electrons. The van der Waals surface area contributed by atoms with Gasteiger partial charge < -0.3 is 14.1 Å². The molecule has 0 aromatic carbocycles. The van der Waals surface area contributed by atoms with E-state index in [1.807, 2.05) is 13.0 Å². The molecule has 158 valence electrons. The maximum atomic E-state index is 5.94. The molecule has 2 aromatic rings. The van der Waals surface area contributed by atoms with Crippen molar-refractivity contribution in [1.29, 1.82) is 0 Å². The molecular formula is C21H32N6O2. The normalized spacial score (nSPS) is 19.8. The third-order valence-electron chi connectivity index (χ3n) is 6.24. The smallest absolute Gasteiger partial charge is 0.318 e. The second-order valence-corrected chi connectivity index (χ2v) is 8.31. The molecule has 4 heterocycles. The molecule has 29 heavy (non-hydrogen) atoms. The first-order valence-electron chi connectivity index (χ1n) is 10.6. The van der Waals surface area contributed by atoms with E-state index < -0.39 is 0 Å². The summed E-state index contributed by atoms with van der Waals surface area (Å²) in [6.07, 6.45) is 4.04. The van der Waals surface area contributed by atoms with Crippen LogP contribution in [0.5, 0.6) is 5.75 Å². The minimum atomic E-state index is 0.435. The van der Waals surface area contributed by atoms with Crippen LogP contribution in [0.2, 0.25) is 0 Å². The number of anilines is 1. The van der Waals surface area contributed by atoms with Crippen molar-refractivity contribution in [3.63, 3.8) is 0 Å². The van der Waals surface area contributed by atoms with Crippen molar-refractivity contribution in [2.75, 3.05) is 51.3 Å². The summed E-state index contributed by atoms with van der Waals surface area (Å²) in [7, 11) is 1.65. The molecule has 8 heteroatoms. The third-order valence-corrected chi connectivity index (χ3v) is 6.24. The van der Waals surface area contributed by atoms with Gasteiger partial charge in [0.25, 0.3) is 5.89 Å². The quantitative estimate of drug-likeness (QED) is 0.758. The summed E-state index contributed by atoms with van der Waals surface area (Å²) < 4.78 is 11.3. The van der Waals surface area contributed by atoms with Gasteiger partial charge in [-0.05, 0) is 33.6 Å². The Hall–Kier alpha value is -2.19. The number of piperidine rings is 1. The summed E-state index contributed by atoms with van der Waals surface area (Å²) in [5, 5.41) is 8.48. The van der Waals surface area contributed by atoms with Crippen LogP contribution in [-0.2, 0) is 0 Å². The van der Waals surface area contributed by atoms with E-state index in [-0.39, 0.29) is 0 Å². The van der Waals surface area contributed by atoms with Crippen molar-refractivity contribution in [3.8, 4) is 17.3 Å². The van der Waals surface area contributed by atoms with E-state index in [0.29, 0.717) is 29.7 Å². The molecule has 0 aliphatic carbocycles. The lowest BCUT2D eigenvalue weighted by Gasteiger charge is -2.43. The van der Waals surface area contributed by atoms with E-state index in [1.165, 1.54) is 26.2 Å². The molecule has 0 atom stereocenters. The number of pyridine rings is 1. The molecule has 4 rings (SSSR count). The number of aryl methyl sites for hydroxylation is 1. The topological polar surface area (TPSA) is 70.8 Å². The molecule has 2 aliphatic heterocycles. The highest BCUT2D eigenvalue weighted by Crippen LogP contribution is 2.27. The zero-order chi connectivity index (χ0) is 20.4. The minimum absolute atomic E-state index is 0.435. The Bertz CT molecular complexity index is 807. The van der Waals surface area contributed by atoms with Gasteiger partial charge in [0.05, 0.1) is 7.11 Å². The molecule has 2 aromatic heterocycles. The largest absolute Gasteiger partial charge is 0.496 e.